The molecule has 0 unspecified atom stereocenters. The zero-order valence-corrected chi connectivity index (χ0v) is 18.2. The average molecular weight is 432 g/mol. The first-order valence-electron chi connectivity index (χ1n) is 10.2. The van der Waals surface area contributed by atoms with Gasteiger partial charge < -0.3 is 9.64 Å². The van der Waals surface area contributed by atoms with Gasteiger partial charge in [-0.1, -0.05) is 36.4 Å². The van der Waals surface area contributed by atoms with Gasteiger partial charge in [-0.15, -0.1) is 0 Å². The Hall–Kier alpha value is -2.58. The van der Waals surface area contributed by atoms with Gasteiger partial charge in [0.15, 0.2) is 0 Å². The van der Waals surface area contributed by atoms with Gasteiger partial charge in [0, 0.05) is 24.8 Å². The maximum absolute atomic E-state index is 12.3. The van der Waals surface area contributed by atoms with Gasteiger partial charge in [0.25, 0.3) is 0 Å². The van der Waals surface area contributed by atoms with Crippen molar-refractivity contribution in [2.45, 2.75) is 31.8 Å². The summed E-state index contributed by atoms with van der Waals surface area (Å²) in [5.41, 5.74) is 2.45. The second-order valence-corrected chi connectivity index (χ2v) is 9.36. The lowest BCUT2D eigenvalue weighted by molar-refractivity contribution is -0.143. The van der Waals surface area contributed by atoms with E-state index in [-0.39, 0.29) is 17.8 Å². The molecule has 1 saturated heterocycles. The van der Waals surface area contributed by atoms with Crippen molar-refractivity contribution < 1.29 is 17.9 Å². The van der Waals surface area contributed by atoms with Crippen molar-refractivity contribution >= 4 is 27.4 Å². The quantitative estimate of drug-likeness (QED) is 0.625. The van der Waals surface area contributed by atoms with Crippen molar-refractivity contribution in [3.8, 4) is 0 Å². The highest BCUT2D eigenvalue weighted by molar-refractivity contribution is 7.92. The molecule has 2 N–H and O–H groups in total. The molecular formula is C22H29N3O4S. The molecule has 0 radical (unpaired) electrons. The maximum Gasteiger partial charge on any atom is 0.327 e. The molecular weight excluding hydrogens is 402 g/mol. The number of piperidine rings is 1. The van der Waals surface area contributed by atoms with Crippen LogP contribution in [-0.4, -0.2) is 46.4 Å². The van der Waals surface area contributed by atoms with Crippen LogP contribution in [-0.2, 0) is 19.6 Å². The lowest BCUT2D eigenvalue weighted by Crippen LogP contribution is -2.45. The predicted octanol–water partition coefficient (Wildman–Crippen LogP) is 2.92. The molecule has 0 bridgehead atoms. The van der Waals surface area contributed by atoms with Crippen LogP contribution in [0.15, 0.2) is 54.6 Å². The monoisotopic (exact) mass is 431 g/mol. The number of esters is 1. The number of nitrogens with zero attached hydrogens (tertiary/aromatic N) is 1. The molecule has 1 aliphatic heterocycles. The van der Waals surface area contributed by atoms with Crippen molar-refractivity contribution in [3.63, 3.8) is 0 Å². The highest BCUT2D eigenvalue weighted by atomic mass is 32.2. The lowest BCUT2D eigenvalue weighted by Gasteiger charge is -2.35. The minimum Gasteiger partial charge on any atom is -0.468 e. The van der Waals surface area contributed by atoms with E-state index in [0.717, 1.165) is 37.2 Å². The molecule has 3 rings (SSSR count). The summed E-state index contributed by atoms with van der Waals surface area (Å²) in [5, 5.41) is 3.45. The number of nitrogens with one attached hydrogen (secondary N) is 2. The van der Waals surface area contributed by atoms with Crippen molar-refractivity contribution in [3.05, 3.63) is 60.2 Å². The Bertz CT molecular complexity index is 942. The topological polar surface area (TPSA) is 87.7 Å². The van der Waals surface area contributed by atoms with Gasteiger partial charge in [-0.05, 0) is 43.5 Å². The largest absolute Gasteiger partial charge is 0.468 e. The summed E-state index contributed by atoms with van der Waals surface area (Å²) in [5.74, 6) is -0.253. The number of carbonyl (C=O) groups is 1. The Morgan fingerprint density at radius 2 is 1.83 bits per heavy atom. The predicted molar refractivity (Wildman–Crippen MR) is 119 cm³/mol. The number of anilines is 2. The molecule has 0 amide bonds. The third kappa shape index (κ3) is 5.73. The molecule has 0 aliphatic carbocycles. The maximum atomic E-state index is 12.3. The van der Waals surface area contributed by atoms with Crippen LogP contribution in [0, 0.1) is 0 Å². The molecule has 162 valence electrons. The Labute approximate surface area is 178 Å². The molecule has 0 saturated carbocycles. The summed E-state index contributed by atoms with van der Waals surface area (Å²) in [6, 6.07) is 16.8. The molecule has 30 heavy (non-hydrogen) atoms. The molecule has 1 fully saturated rings. The van der Waals surface area contributed by atoms with Crippen LogP contribution in [0.3, 0.4) is 0 Å². The van der Waals surface area contributed by atoms with Crippen molar-refractivity contribution in [2.24, 2.45) is 0 Å². The number of hydrogen-bond donors (Lipinski definition) is 2. The molecule has 7 nitrogen and oxygen atoms in total. The van der Waals surface area contributed by atoms with Crippen LogP contribution in [0.5, 0.6) is 0 Å². The zero-order valence-electron chi connectivity index (χ0n) is 17.4. The summed E-state index contributed by atoms with van der Waals surface area (Å²) in [6.45, 7) is 3.23. The minimum atomic E-state index is -3.30. The number of carbonyl (C=O) groups excluding carboxylic acids is 1. The summed E-state index contributed by atoms with van der Waals surface area (Å²) in [6.07, 6.45) is 1.73. The van der Waals surface area contributed by atoms with E-state index in [1.54, 1.807) is 13.0 Å². The molecule has 1 aliphatic rings. The first kappa shape index (κ1) is 22.1. The van der Waals surface area contributed by atoms with E-state index in [2.05, 4.69) is 14.9 Å². The van der Waals surface area contributed by atoms with Gasteiger partial charge in [0.05, 0.1) is 18.6 Å². The number of ether oxygens (including phenoxy) is 1. The highest BCUT2D eigenvalue weighted by Gasteiger charge is 2.27. The fourth-order valence-electron chi connectivity index (χ4n) is 3.62. The standard InChI is InChI=1S/C22H29N3O4S/c1-3-30(27,28)24-19-10-7-11-20(16-19)25-14-12-18(13-15-25)23-21(22(26)29-2)17-8-5-4-6-9-17/h4-11,16,18,21,23-24H,3,12-15H2,1-2H3/t21-/m0/s1. The van der Waals surface area contributed by atoms with Crippen molar-refractivity contribution in [1.29, 1.82) is 0 Å². The van der Waals surface area contributed by atoms with Crippen molar-refractivity contribution in [2.75, 3.05) is 35.6 Å². The van der Waals surface area contributed by atoms with Crippen LogP contribution < -0.4 is 14.9 Å². The number of sulfonamides is 1. The minimum absolute atomic E-state index is 0.0388. The molecule has 2 aromatic carbocycles. The smallest absolute Gasteiger partial charge is 0.327 e. The molecule has 0 spiro atoms. The van der Waals surface area contributed by atoms with Gasteiger partial charge in [0.2, 0.25) is 10.0 Å². The molecule has 1 atom stereocenters. The summed E-state index contributed by atoms with van der Waals surface area (Å²) < 4.78 is 31.3. The third-order valence-electron chi connectivity index (χ3n) is 5.33. The Morgan fingerprint density at radius 3 is 2.47 bits per heavy atom. The summed E-state index contributed by atoms with van der Waals surface area (Å²) in [4.78, 5) is 14.5. The van der Waals surface area contributed by atoms with Crippen LogP contribution >= 0.6 is 0 Å². The molecule has 8 heteroatoms. The SMILES string of the molecule is CCS(=O)(=O)Nc1cccc(N2CCC(N[C@H](C(=O)OC)c3ccccc3)CC2)c1. The van der Waals surface area contributed by atoms with Gasteiger partial charge in [-0.3, -0.25) is 10.0 Å². The second-order valence-electron chi connectivity index (χ2n) is 7.35. The fourth-order valence-corrected chi connectivity index (χ4v) is 4.25. The van der Waals surface area contributed by atoms with E-state index < -0.39 is 16.1 Å². The van der Waals surface area contributed by atoms with E-state index in [1.807, 2.05) is 48.5 Å². The van der Waals surface area contributed by atoms with Crippen LogP contribution in [0.4, 0.5) is 11.4 Å². The first-order chi connectivity index (χ1) is 14.4. The van der Waals surface area contributed by atoms with Gasteiger partial charge >= 0.3 is 5.97 Å². The molecule has 1 heterocycles. The third-order valence-corrected chi connectivity index (χ3v) is 6.64. The Morgan fingerprint density at radius 1 is 1.13 bits per heavy atom. The van der Waals surface area contributed by atoms with E-state index in [9.17, 15) is 13.2 Å². The Balaban J connectivity index is 1.62. The first-order valence-corrected chi connectivity index (χ1v) is 11.8. The van der Waals surface area contributed by atoms with E-state index in [1.165, 1.54) is 7.11 Å². The fraction of sp³-hybridized carbons (Fsp3) is 0.409. The molecule has 0 aromatic heterocycles. The number of hydrogen-bond acceptors (Lipinski definition) is 6. The van der Waals surface area contributed by atoms with E-state index >= 15 is 0 Å². The van der Waals surface area contributed by atoms with Crippen molar-refractivity contribution in [1.82, 2.24) is 5.32 Å². The normalized spacial score (nSPS) is 16.1. The van der Waals surface area contributed by atoms with Gasteiger partial charge in [0.1, 0.15) is 6.04 Å². The number of rotatable bonds is 8. The van der Waals surface area contributed by atoms with Crippen LogP contribution in [0.25, 0.3) is 0 Å². The van der Waals surface area contributed by atoms with Crippen LogP contribution in [0.2, 0.25) is 0 Å². The van der Waals surface area contributed by atoms with Gasteiger partial charge in [-0.2, -0.15) is 0 Å². The second kappa shape index (κ2) is 9.95. The Kier molecular flexibility index (Phi) is 7.33. The van der Waals surface area contributed by atoms with E-state index in [4.69, 9.17) is 4.74 Å². The highest BCUT2D eigenvalue weighted by Crippen LogP contribution is 2.25. The molecule has 2 aromatic rings. The van der Waals surface area contributed by atoms with Crippen LogP contribution in [0.1, 0.15) is 31.4 Å². The summed E-state index contributed by atoms with van der Waals surface area (Å²) >= 11 is 0. The average Bonchev–Trinajstić information content (AvgIpc) is 2.78. The number of benzene rings is 2. The zero-order chi connectivity index (χ0) is 21.6. The van der Waals surface area contributed by atoms with E-state index in [0.29, 0.717) is 5.69 Å². The summed E-state index contributed by atoms with van der Waals surface area (Å²) in [7, 11) is -1.90. The lowest BCUT2D eigenvalue weighted by atomic mass is 10.00. The van der Waals surface area contributed by atoms with Gasteiger partial charge in [-0.25, -0.2) is 13.2 Å². The number of methoxy groups -OCH3 is 1.